The lowest BCUT2D eigenvalue weighted by Crippen LogP contribution is -2.16. The van der Waals surface area contributed by atoms with Gasteiger partial charge >= 0.3 is 0 Å². The van der Waals surface area contributed by atoms with Gasteiger partial charge < -0.3 is 10.3 Å². The van der Waals surface area contributed by atoms with Crippen molar-refractivity contribution in [2.45, 2.75) is 31.6 Å². The Balaban J connectivity index is 1.92. The number of hydrogen-bond acceptors (Lipinski definition) is 2. The molecule has 0 spiro atoms. The Kier molecular flexibility index (Phi) is 1.65. The van der Waals surface area contributed by atoms with E-state index in [4.69, 9.17) is 0 Å². The number of rotatable bonds is 1. The van der Waals surface area contributed by atoms with Gasteiger partial charge in [-0.2, -0.15) is 0 Å². The Hall–Kier alpha value is -0.830. The lowest BCUT2D eigenvalue weighted by molar-refractivity contribution is 0.700. The van der Waals surface area contributed by atoms with Crippen molar-refractivity contribution in [1.82, 2.24) is 15.3 Å². The van der Waals surface area contributed by atoms with Crippen molar-refractivity contribution in [1.29, 1.82) is 0 Å². The Morgan fingerprint density at radius 1 is 1.15 bits per heavy atom. The first-order valence-electron chi connectivity index (χ1n) is 5.22. The average molecular weight is 177 g/mol. The summed E-state index contributed by atoms with van der Waals surface area (Å²) in [6, 6.07) is 0. The van der Waals surface area contributed by atoms with Crippen LogP contribution in [-0.2, 0) is 12.8 Å². The maximum Gasteiger partial charge on any atom is 0.109 e. The molecule has 0 saturated heterocycles. The maximum absolute atomic E-state index is 4.68. The van der Waals surface area contributed by atoms with E-state index in [0.29, 0.717) is 0 Å². The zero-order valence-electron chi connectivity index (χ0n) is 7.77. The average Bonchev–Trinajstić information content (AvgIpc) is 2.93. The molecule has 3 rings (SSSR count). The number of hydrogen-bond donors (Lipinski definition) is 2. The SMILES string of the molecule is C1Cc2nc(C3CC3)[nH]c2CCN1. The molecule has 0 unspecified atom stereocenters. The highest BCUT2D eigenvalue weighted by molar-refractivity contribution is 5.20. The summed E-state index contributed by atoms with van der Waals surface area (Å²) in [5, 5.41) is 3.38. The quantitative estimate of drug-likeness (QED) is 0.671. The molecule has 70 valence electrons. The molecule has 1 aliphatic heterocycles. The van der Waals surface area contributed by atoms with Crippen molar-refractivity contribution in [2.75, 3.05) is 13.1 Å². The zero-order valence-corrected chi connectivity index (χ0v) is 7.77. The molecule has 0 radical (unpaired) electrons. The van der Waals surface area contributed by atoms with Gasteiger partial charge in [0.15, 0.2) is 0 Å². The van der Waals surface area contributed by atoms with E-state index in [1.54, 1.807) is 0 Å². The van der Waals surface area contributed by atoms with E-state index in [1.165, 1.54) is 30.1 Å². The van der Waals surface area contributed by atoms with Crippen LogP contribution < -0.4 is 5.32 Å². The smallest absolute Gasteiger partial charge is 0.109 e. The zero-order chi connectivity index (χ0) is 8.67. The summed E-state index contributed by atoms with van der Waals surface area (Å²) in [6.45, 7) is 2.18. The molecule has 2 aliphatic rings. The van der Waals surface area contributed by atoms with Crippen LogP contribution in [0.5, 0.6) is 0 Å². The van der Waals surface area contributed by atoms with Crippen molar-refractivity contribution in [3.05, 3.63) is 17.2 Å². The standard InChI is InChI=1S/C10H15N3/c1-2-7(1)10-12-8-3-5-11-6-4-9(8)13-10/h7,11H,1-6H2,(H,12,13). The number of H-pyrrole nitrogens is 1. The van der Waals surface area contributed by atoms with Crippen LogP contribution >= 0.6 is 0 Å². The third kappa shape index (κ3) is 1.37. The molecule has 0 amide bonds. The molecule has 0 bridgehead atoms. The number of fused-ring (bicyclic) bond motifs is 1. The topological polar surface area (TPSA) is 40.7 Å². The van der Waals surface area contributed by atoms with Crippen LogP contribution in [0.15, 0.2) is 0 Å². The van der Waals surface area contributed by atoms with E-state index in [0.717, 1.165) is 31.8 Å². The molecule has 3 nitrogen and oxygen atoms in total. The van der Waals surface area contributed by atoms with Crippen LogP contribution in [0.4, 0.5) is 0 Å². The summed E-state index contributed by atoms with van der Waals surface area (Å²) in [5.41, 5.74) is 2.69. The van der Waals surface area contributed by atoms with Crippen molar-refractivity contribution < 1.29 is 0 Å². The normalized spacial score (nSPS) is 22.5. The molecular weight excluding hydrogens is 162 g/mol. The van der Waals surface area contributed by atoms with E-state index in [9.17, 15) is 0 Å². The molecule has 1 aromatic heterocycles. The molecule has 3 heteroatoms. The lowest BCUT2D eigenvalue weighted by Gasteiger charge is -1.95. The second kappa shape index (κ2) is 2.84. The minimum atomic E-state index is 0.764. The number of nitrogens with one attached hydrogen (secondary N) is 2. The Morgan fingerprint density at radius 3 is 2.85 bits per heavy atom. The maximum atomic E-state index is 4.68. The van der Waals surface area contributed by atoms with E-state index < -0.39 is 0 Å². The number of aromatic amines is 1. The molecule has 0 atom stereocenters. The van der Waals surface area contributed by atoms with E-state index >= 15 is 0 Å². The van der Waals surface area contributed by atoms with Gasteiger partial charge in [-0.3, -0.25) is 0 Å². The molecule has 0 aromatic carbocycles. The first-order valence-corrected chi connectivity index (χ1v) is 5.22. The van der Waals surface area contributed by atoms with E-state index in [-0.39, 0.29) is 0 Å². The molecular formula is C10H15N3. The second-order valence-electron chi connectivity index (χ2n) is 4.07. The highest BCUT2D eigenvalue weighted by Gasteiger charge is 2.27. The Labute approximate surface area is 78.0 Å². The third-order valence-electron chi connectivity index (χ3n) is 2.94. The summed E-state index contributed by atoms with van der Waals surface area (Å²) in [6.07, 6.45) is 4.89. The van der Waals surface area contributed by atoms with Gasteiger partial charge in [0.05, 0.1) is 5.69 Å². The summed E-state index contributed by atoms with van der Waals surface area (Å²) in [7, 11) is 0. The molecule has 2 N–H and O–H groups in total. The monoisotopic (exact) mass is 177 g/mol. The minimum absolute atomic E-state index is 0.764. The summed E-state index contributed by atoms with van der Waals surface area (Å²) >= 11 is 0. The van der Waals surface area contributed by atoms with Gasteiger partial charge in [0.2, 0.25) is 0 Å². The minimum Gasteiger partial charge on any atom is -0.345 e. The fraction of sp³-hybridized carbons (Fsp3) is 0.700. The van der Waals surface area contributed by atoms with Crippen LogP contribution in [0, 0.1) is 0 Å². The molecule has 2 heterocycles. The number of imidazole rings is 1. The van der Waals surface area contributed by atoms with Gasteiger partial charge in [-0.25, -0.2) is 4.98 Å². The van der Waals surface area contributed by atoms with Gasteiger partial charge in [-0.15, -0.1) is 0 Å². The highest BCUT2D eigenvalue weighted by Crippen LogP contribution is 2.38. The predicted octanol–water partition coefficient (Wildman–Crippen LogP) is 0.975. The van der Waals surface area contributed by atoms with Gasteiger partial charge in [-0.1, -0.05) is 0 Å². The number of nitrogens with zero attached hydrogens (tertiary/aromatic N) is 1. The van der Waals surface area contributed by atoms with Crippen molar-refractivity contribution in [2.24, 2.45) is 0 Å². The Morgan fingerprint density at radius 2 is 2.00 bits per heavy atom. The van der Waals surface area contributed by atoms with Gasteiger partial charge in [0, 0.05) is 37.5 Å². The summed E-state index contributed by atoms with van der Waals surface area (Å²) in [5.74, 6) is 2.02. The first kappa shape index (κ1) is 7.56. The molecule has 1 aromatic rings. The third-order valence-corrected chi connectivity index (χ3v) is 2.94. The van der Waals surface area contributed by atoms with Crippen LogP contribution in [-0.4, -0.2) is 23.1 Å². The lowest BCUT2D eigenvalue weighted by atomic mass is 10.2. The van der Waals surface area contributed by atoms with Gasteiger partial charge in [-0.05, 0) is 12.8 Å². The fourth-order valence-corrected chi connectivity index (χ4v) is 1.98. The fourth-order valence-electron chi connectivity index (χ4n) is 1.98. The molecule has 1 saturated carbocycles. The van der Waals surface area contributed by atoms with Gasteiger partial charge in [0.25, 0.3) is 0 Å². The molecule has 1 fully saturated rings. The van der Waals surface area contributed by atoms with Crippen LogP contribution in [0.3, 0.4) is 0 Å². The van der Waals surface area contributed by atoms with Crippen molar-refractivity contribution in [3.63, 3.8) is 0 Å². The summed E-state index contributed by atoms with van der Waals surface area (Å²) < 4.78 is 0. The van der Waals surface area contributed by atoms with Crippen molar-refractivity contribution >= 4 is 0 Å². The van der Waals surface area contributed by atoms with Crippen LogP contribution in [0.1, 0.15) is 36.0 Å². The second-order valence-corrected chi connectivity index (χ2v) is 4.07. The van der Waals surface area contributed by atoms with Crippen LogP contribution in [0.25, 0.3) is 0 Å². The highest BCUT2D eigenvalue weighted by atomic mass is 15.0. The van der Waals surface area contributed by atoms with Crippen LogP contribution in [0.2, 0.25) is 0 Å². The predicted molar refractivity (Wildman–Crippen MR) is 50.8 cm³/mol. The largest absolute Gasteiger partial charge is 0.345 e. The number of aromatic nitrogens is 2. The molecule has 13 heavy (non-hydrogen) atoms. The van der Waals surface area contributed by atoms with Gasteiger partial charge in [0.1, 0.15) is 5.82 Å². The Bertz CT molecular complexity index is 288. The van der Waals surface area contributed by atoms with E-state index in [2.05, 4.69) is 15.3 Å². The van der Waals surface area contributed by atoms with E-state index in [1.807, 2.05) is 0 Å². The van der Waals surface area contributed by atoms with Crippen molar-refractivity contribution in [3.8, 4) is 0 Å². The summed E-state index contributed by atoms with van der Waals surface area (Å²) in [4.78, 5) is 8.16. The first-order chi connectivity index (χ1) is 6.43. The molecule has 1 aliphatic carbocycles.